The van der Waals surface area contributed by atoms with E-state index in [1.54, 1.807) is 0 Å². The Labute approximate surface area is 511 Å². The summed E-state index contributed by atoms with van der Waals surface area (Å²) in [6.45, 7) is 11.7. The van der Waals surface area contributed by atoms with Gasteiger partial charge >= 0.3 is 39.5 Å². The highest BCUT2D eigenvalue weighted by Gasteiger charge is 2.30. The first kappa shape index (κ1) is 82.1. The number of aliphatic hydroxyl groups is 1. The first-order chi connectivity index (χ1) is 40.3. The molecule has 0 radical (unpaired) electrons. The summed E-state index contributed by atoms with van der Waals surface area (Å²) in [5.74, 6) is 0.0972. The summed E-state index contributed by atoms with van der Waals surface area (Å²) < 4.78 is 68.0. The topological polar surface area (TPSA) is 237 Å². The number of rotatable bonds is 63. The molecule has 0 amide bonds. The molecule has 0 aliphatic rings. The number of carbonyl (C=O) groups is 4. The zero-order valence-corrected chi connectivity index (χ0v) is 56.1. The minimum atomic E-state index is -4.95. The Morgan fingerprint density at radius 1 is 0.345 bits per heavy atom. The Morgan fingerprint density at radius 3 is 0.905 bits per heavy atom. The molecule has 0 aliphatic heterocycles. The van der Waals surface area contributed by atoms with Crippen molar-refractivity contribution in [3.63, 3.8) is 0 Å². The van der Waals surface area contributed by atoms with Crippen molar-refractivity contribution >= 4 is 39.5 Å². The summed E-state index contributed by atoms with van der Waals surface area (Å²) in [5, 5.41) is 10.5. The SMILES string of the molecule is CCCCCCCCCCCCC(=O)OC[C@H](COP(=O)(O)OC[C@H](O)COP(=O)(O)OC[C@@H](COC(=O)CCCCCCCCCCC(C)CC)OC(=O)CCCCCCCCCCCC(C)C)OC(=O)CCCCCCCCC(C)CC. The second-order valence-corrected chi connectivity index (χ2v) is 27.4. The molecular formula is C65H126O17P2. The third kappa shape index (κ3) is 56.6. The molecule has 0 aliphatic carbocycles. The van der Waals surface area contributed by atoms with Crippen LogP contribution in [0.1, 0.15) is 318 Å². The zero-order chi connectivity index (χ0) is 62.4. The number of unbranched alkanes of at least 4 members (excludes halogenated alkanes) is 29. The van der Waals surface area contributed by atoms with Crippen molar-refractivity contribution in [2.75, 3.05) is 39.6 Å². The molecule has 0 spiro atoms. The quantitative estimate of drug-likeness (QED) is 0.0222. The van der Waals surface area contributed by atoms with E-state index in [2.05, 4.69) is 48.5 Å². The number of phosphoric ester groups is 2. The average molecular weight is 1240 g/mol. The van der Waals surface area contributed by atoms with Gasteiger partial charge in [-0.05, 0) is 43.4 Å². The molecule has 19 heteroatoms. The highest BCUT2D eigenvalue weighted by molar-refractivity contribution is 7.47. The number of hydrogen-bond acceptors (Lipinski definition) is 15. The molecule has 84 heavy (non-hydrogen) atoms. The third-order valence-corrected chi connectivity index (χ3v) is 17.5. The van der Waals surface area contributed by atoms with Gasteiger partial charge in [-0.1, -0.05) is 267 Å². The molecule has 0 saturated carbocycles. The van der Waals surface area contributed by atoms with E-state index < -0.39 is 97.5 Å². The predicted octanol–water partition coefficient (Wildman–Crippen LogP) is 17.9. The third-order valence-electron chi connectivity index (χ3n) is 15.6. The van der Waals surface area contributed by atoms with Gasteiger partial charge < -0.3 is 33.8 Å². The van der Waals surface area contributed by atoms with Crippen molar-refractivity contribution in [2.45, 2.75) is 336 Å². The number of ether oxygens (including phenoxy) is 4. The maximum atomic E-state index is 13.0. The van der Waals surface area contributed by atoms with Crippen LogP contribution in [-0.2, 0) is 65.4 Å². The van der Waals surface area contributed by atoms with Crippen molar-refractivity contribution in [3.05, 3.63) is 0 Å². The van der Waals surface area contributed by atoms with Crippen LogP contribution in [0.15, 0.2) is 0 Å². The van der Waals surface area contributed by atoms with Crippen molar-refractivity contribution in [2.24, 2.45) is 17.8 Å². The lowest BCUT2D eigenvalue weighted by atomic mass is 9.99. The van der Waals surface area contributed by atoms with E-state index in [-0.39, 0.29) is 25.7 Å². The van der Waals surface area contributed by atoms with E-state index >= 15 is 0 Å². The van der Waals surface area contributed by atoms with Gasteiger partial charge in [0.15, 0.2) is 12.2 Å². The maximum absolute atomic E-state index is 13.0. The van der Waals surface area contributed by atoms with E-state index in [1.165, 1.54) is 128 Å². The summed E-state index contributed by atoms with van der Waals surface area (Å²) in [6, 6.07) is 0. The Hall–Kier alpha value is -1.94. The molecule has 0 rings (SSSR count). The van der Waals surface area contributed by atoms with Crippen LogP contribution in [0.2, 0.25) is 0 Å². The molecule has 0 aromatic rings. The van der Waals surface area contributed by atoms with Crippen LogP contribution in [0.5, 0.6) is 0 Å². The summed E-state index contributed by atoms with van der Waals surface area (Å²) >= 11 is 0. The fourth-order valence-corrected chi connectivity index (χ4v) is 11.2. The standard InChI is InChI=1S/C65H126O17P2/c1-8-11-12-13-14-15-18-24-32-39-46-62(67)75-53-61(82-65(70)49-42-35-28-27-31-38-45-58(7)10-3)55-80-84(73,74)78-51-59(66)50-77-83(71,72)79-54-60(81-64(69)48-41-34-26-19-16-17-22-29-36-43-56(4)5)52-76-63(68)47-40-33-25-21-20-23-30-37-44-57(6)9-2/h56-61,66H,8-55H2,1-7H3,(H,71,72)(H,73,74)/t57?,58?,59-,60-,61-/m1/s1. The van der Waals surface area contributed by atoms with E-state index in [1.807, 2.05) is 0 Å². The van der Waals surface area contributed by atoms with Crippen LogP contribution in [0, 0.1) is 17.8 Å². The summed E-state index contributed by atoms with van der Waals surface area (Å²) in [6.07, 6.45) is 37.5. The van der Waals surface area contributed by atoms with Gasteiger partial charge in [0.1, 0.15) is 19.3 Å². The molecule has 498 valence electrons. The summed E-state index contributed by atoms with van der Waals surface area (Å²) in [4.78, 5) is 72.3. The second-order valence-electron chi connectivity index (χ2n) is 24.5. The van der Waals surface area contributed by atoms with Gasteiger partial charge in [0.25, 0.3) is 0 Å². The molecular weight excluding hydrogens is 1110 g/mol. The molecule has 0 saturated heterocycles. The smallest absolute Gasteiger partial charge is 0.462 e. The Balaban J connectivity index is 5.26. The molecule has 0 heterocycles. The van der Waals surface area contributed by atoms with E-state index in [0.717, 1.165) is 108 Å². The van der Waals surface area contributed by atoms with Crippen LogP contribution in [0.3, 0.4) is 0 Å². The van der Waals surface area contributed by atoms with Crippen molar-refractivity contribution in [1.82, 2.24) is 0 Å². The highest BCUT2D eigenvalue weighted by atomic mass is 31.2. The van der Waals surface area contributed by atoms with Crippen molar-refractivity contribution in [1.29, 1.82) is 0 Å². The van der Waals surface area contributed by atoms with Crippen LogP contribution in [-0.4, -0.2) is 96.7 Å². The number of carbonyl (C=O) groups excluding carboxylic acids is 4. The lowest BCUT2D eigenvalue weighted by molar-refractivity contribution is -0.161. The van der Waals surface area contributed by atoms with Crippen molar-refractivity contribution in [3.8, 4) is 0 Å². The minimum absolute atomic E-state index is 0.103. The van der Waals surface area contributed by atoms with Gasteiger partial charge in [0.05, 0.1) is 26.4 Å². The second kappa shape index (κ2) is 56.3. The molecule has 4 unspecified atom stereocenters. The van der Waals surface area contributed by atoms with Crippen LogP contribution >= 0.6 is 15.6 Å². The van der Waals surface area contributed by atoms with Gasteiger partial charge in [-0.3, -0.25) is 37.3 Å². The first-order valence-electron chi connectivity index (χ1n) is 33.9. The largest absolute Gasteiger partial charge is 0.472 e. The van der Waals surface area contributed by atoms with Gasteiger partial charge in [0.2, 0.25) is 0 Å². The van der Waals surface area contributed by atoms with E-state index in [9.17, 15) is 43.2 Å². The lowest BCUT2D eigenvalue weighted by Gasteiger charge is -2.21. The fraction of sp³-hybridized carbons (Fsp3) is 0.938. The van der Waals surface area contributed by atoms with Crippen LogP contribution < -0.4 is 0 Å². The number of phosphoric acid groups is 2. The van der Waals surface area contributed by atoms with Crippen LogP contribution in [0.25, 0.3) is 0 Å². The summed E-state index contributed by atoms with van der Waals surface area (Å²) in [7, 11) is -9.89. The van der Waals surface area contributed by atoms with Crippen molar-refractivity contribution < 1.29 is 80.2 Å². The van der Waals surface area contributed by atoms with Gasteiger partial charge in [-0.2, -0.15) is 0 Å². The highest BCUT2D eigenvalue weighted by Crippen LogP contribution is 2.45. The monoisotopic (exact) mass is 1240 g/mol. The fourth-order valence-electron chi connectivity index (χ4n) is 9.59. The molecule has 3 N–H and O–H groups in total. The first-order valence-corrected chi connectivity index (χ1v) is 36.9. The molecule has 17 nitrogen and oxygen atoms in total. The lowest BCUT2D eigenvalue weighted by Crippen LogP contribution is -2.30. The Morgan fingerprint density at radius 2 is 0.607 bits per heavy atom. The predicted molar refractivity (Wildman–Crippen MR) is 335 cm³/mol. The van der Waals surface area contributed by atoms with E-state index in [0.29, 0.717) is 25.7 Å². The number of aliphatic hydroxyl groups excluding tert-OH is 1. The van der Waals surface area contributed by atoms with Gasteiger partial charge in [-0.15, -0.1) is 0 Å². The zero-order valence-electron chi connectivity index (χ0n) is 54.4. The van der Waals surface area contributed by atoms with Gasteiger partial charge in [-0.25, -0.2) is 9.13 Å². The number of esters is 4. The molecule has 7 atom stereocenters. The Bertz CT molecular complexity index is 1670. The summed E-state index contributed by atoms with van der Waals surface area (Å²) in [5.41, 5.74) is 0. The van der Waals surface area contributed by atoms with Crippen LogP contribution in [0.4, 0.5) is 0 Å². The molecule has 0 fully saturated rings. The Kier molecular flexibility index (Phi) is 55.0. The number of hydrogen-bond donors (Lipinski definition) is 3. The normalized spacial score (nSPS) is 15.0. The minimum Gasteiger partial charge on any atom is -0.462 e. The van der Waals surface area contributed by atoms with E-state index in [4.69, 9.17) is 37.0 Å². The average Bonchev–Trinajstić information content (AvgIpc) is 3.57. The molecule has 0 aromatic heterocycles. The molecule has 0 aromatic carbocycles. The van der Waals surface area contributed by atoms with Gasteiger partial charge in [0, 0.05) is 25.7 Å². The molecule has 0 bridgehead atoms. The maximum Gasteiger partial charge on any atom is 0.472 e.